The highest BCUT2D eigenvalue weighted by atomic mass is 35.5. The molecule has 0 aliphatic heterocycles. The maximum Gasteiger partial charge on any atom is 0.354 e. The summed E-state index contributed by atoms with van der Waals surface area (Å²) in [6.45, 7) is 1.44. The van der Waals surface area contributed by atoms with E-state index >= 15 is 0 Å². The lowest BCUT2D eigenvalue weighted by molar-refractivity contribution is 0.0688. The molecule has 0 atom stereocenters. The Labute approximate surface area is 89.7 Å². The molecule has 15 heavy (non-hydrogen) atoms. The Hall–Kier alpha value is -1.23. The Kier molecular flexibility index (Phi) is 3.57. The van der Waals surface area contributed by atoms with Crippen molar-refractivity contribution in [2.45, 2.75) is 19.2 Å². The van der Waals surface area contributed by atoms with E-state index in [1.165, 1.54) is 6.92 Å². The highest BCUT2D eigenvalue weighted by Gasteiger charge is 2.22. The van der Waals surface area contributed by atoms with Crippen LogP contribution in [-0.2, 0) is 5.88 Å². The molecule has 1 aromatic heterocycles. The van der Waals surface area contributed by atoms with Crippen LogP contribution >= 0.6 is 11.6 Å². The first-order valence-corrected chi connectivity index (χ1v) is 4.58. The summed E-state index contributed by atoms with van der Waals surface area (Å²) < 4.78 is 25.3. The van der Waals surface area contributed by atoms with Crippen molar-refractivity contribution in [2.24, 2.45) is 0 Å². The Morgan fingerprint density at radius 2 is 2.27 bits per heavy atom. The van der Waals surface area contributed by atoms with Crippen LogP contribution in [-0.4, -0.2) is 16.1 Å². The minimum atomic E-state index is -2.75. The zero-order chi connectivity index (χ0) is 11.6. The number of hydrogen-bond donors (Lipinski definition) is 1. The zero-order valence-electron chi connectivity index (χ0n) is 7.80. The van der Waals surface area contributed by atoms with Gasteiger partial charge in [-0.3, -0.25) is 0 Å². The number of alkyl halides is 3. The van der Waals surface area contributed by atoms with Crippen molar-refractivity contribution in [3.8, 4) is 0 Å². The van der Waals surface area contributed by atoms with E-state index in [9.17, 15) is 13.6 Å². The van der Waals surface area contributed by atoms with Crippen LogP contribution in [0.5, 0.6) is 0 Å². The minimum Gasteiger partial charge on any atom is -0.477 e. The first-order chi connectivity index (χ1) is 6.99. The smallest absolute Gasteiger partial charge is 0.354 e. The summed E-state index contributed by atoms with van der Waals surface area (Å²) in [6.07, 6.45) is -1.64. The van der Waals surface area contributed by atoms with Crippen molar-refractivity contribution in [1.82, 2.24) is 4.98 Å². The molecule has 1 heterocycles. The number of pyridine rings is 1. The van der Waals surface area contributed by atoms with E-state index in [0.717, 1.165) is 6.20 Å². The van der Waals surface area contributed by atoms with E-state index in [4.69, 9.17) is 16.7 Å². The molecule has 0 bridgehead atoms. The third-order valence-corrected chi connectivity index (χ3v) is 2.24. The minimum absolute atomic E-state index is 0.112. The monoisotopic (exact) mass is 235 g/mol. The number of carboxylic acid groups (broad SMARTS) is 1. The van der Waals surface area contributed by atoms with Gasteiger partial charge < -0.3 is 5.11 Å². The molecule has 6 heteroatoms. The highest BCUT2D eigenvalue weighted by molar-refractivity contribution is 6.17. The van der Waals surface area contributed by atoms with Crippen LogP contribution in [0.1, 0.15) is 33.6 Å². The quantitative estimate of drug-likeness (QED) is 0.820. The van der Waals surface area contributed by atoms with E-state index in [-0.39, 0.29) is 22.6 Å². The van der Waals surface area contributed by atoms with E-state index in [2.05, 4.69) is 4.98 Å². The molecule has 82 valence electrons. The van der Waals surface area contributed by atoms with Crippen molar-refractivity contribution >= 4 is 17.6 Å². The number of nitrogens with zero attached hydrogens (tertiary/aromatic N) is 1. The first kappa shape index (κ1) is 11.8. The second kappa shape index (κ2) is 4.53. The molecule has 1 rings (SSSR count). The van der Waals surface area contributed by atoms with Crippen molar-refractivity contribution in [3.05, 3.63) is 28.6 Å². The second-order valence-electron chi connectivity index (χ2n) is 2.92. The summed E-state index contributed by atoms with van der Waals surface area (Å²) in [7, 11) is 0. The number of carboxylic acids is 1. The summed E-state index contributed by atoms with van der Waals surface area (Å²) in [5, 5.41) is 8.73. The molecule has 0 spiro atoms. The molecule has 0 saturated heterocycles. The molecular weight excluding hydrogens is 228 g/mol. The largest absolute Gasteiger partial charge is 0.477 e. The molecule has 0 aliphatic carbocycles. The molecule has 1 N–H and O–H groups in total. The Bertz CT molecular complexity index is 396. The Morgan fingerprint density at radius 1 is 1.67 bits per heavy atom. The lowest BCUT2D eigenvalue weighted by Crippen LogP contribution is -2.09. The zero-order valence-corrected chi connectivity index (χ0v) is 8.55. The van der Waals surface area contributed by atoms with Gasteiger partial charge in [-0.25, -0.2) is 18.6 Å². The van der Waals surface area contributed by atoms with Crippen LogP contribution in [0.3, 0.4) is 0 Å². The van der Waals surface area contributed by atoms with Crippen LogP contribution < -0.4 is 0 Å². The van der Waals surface area contributed by atoms with E-state index < -0.39 is 18.1 Å². The molecule has 0 aliphatic rings. The van der Waals surface area contributed by atoms with Gasteiger partial charge in [0.05, 0.1) is 5.88 Å². The van der Waals surface area contributed by atoms with Gasteiger partial charge in [-0.1, -0.05) is 0 Å². The number of halogens is 3. The number of aromatic carboxylic acids is 1. The summed E-state index contributed by atoms with van der Waals surface area (Å²) in [5.74, 6) is -1.65. The summed E-state index contributed by atoms with van der Waals surface area (Å²) in [4.78, 5) is 14.3. The van der Waals surface area contributed by atoms with Gasteiger partial charge in [-0.05, 0) is 12.5 Å². The predicted molar refractivity (Wildman–Crippen MR) is 50.4 cm³/mol. The molecule has 3 nitrogen and oxygen atoms in total. The van der Waals surface area contributed by atoms with Crippen molar-refractivity contribution in [1.29, 1.82) is 0 Å². The molecule has 0 aromatic carbocycles. The number of hydrogen-bond acceptors (Lipinski definition) is 2. The van der Waals surface area contributed by atoms with Crippen LogP contribution in [0.15, 0.2) is 6.20 Å². The van der Waals surface area contributed by atoms with Gasteiger partial charge in [0, 0.05) is 17.3 Å². The molecule has 0 amide bonds. The number of carbonyl (C=O) groups is 1. The van der Waals surface area contributed by atoms with Gasteiger partial charge in [-0.2, -0.15) is 0 Å². The highest BCUT2D eigenvalue weighted by Crippen LogP contribution is 2.28. The maximum absolute atomic E-state index is 12.6. The second-order valence-corrected chi connectivity index (χ2v) is 3.19. The van der Waals surface area contributed by atoms with Gasteiger partial charge in [0.1, 0.15) is 0 Å². The van der Waals surface area contributed by atoms with Crippen LogP contribution in [0.25, 0.3) is 0 Å². The van der Waals surface area contributed by atoms with Gasteiger partial charge >= 0.3 is 5.97 Å². The molecule has 1 aromatic rings. The van der Waals surface area contributed by atoms with Crippen LogP contribution in [0, 0.1) is 6.92 Å². The van der Waals surface area contributed by atoms with E-state index in [0.29, 0.717) is 0 Å². The average Bonchev–Trinajstić information content (AvgIpc) is 2.15. The Morgan fingerprint density at radius 3 is 2.67 bits per heavy atom. The lowest BCUT2D eigenvalue weighted by atomic mass is 10.0. The summed E-state index contributed by atoms with van der Waals surface area (Å²) >= 11 is 5.46. The fourth-order valence-electron chi connectivity index (χ4n) is 1.30. The first-order valence-electron chi connectivity index (χ1n) is 4.04. The predicted octanol–water partition coefficient (Wildman–Crippen LogP) is 2.76. The lowest BCUT2D eigenvalue weighted by Gasteiger charge is -2.11. The van der Waals surface area contributed by atoms with Crippen molar-refractivity contribution < 1.29 is 18.7 Å². The fraction of sp³-hybridized carbons (Fsp3) is 0.333. The third-order valence-electron chi connectivity index (χ3n) is 1.98. The number of rotatable bonds is 3. The normalized spacial score (nSPS) is 10.7. The molecular formula is C9H8ClF2NO2. The molecule has 0 radical (unpaired) electrons. The standard InChI is InChI=1S/C9H8ClF2NO2/c1-4-3-13-7(9(14)15)5(2-10)6(4)8(11)12/h3,8H,2H2,1H3,(H,14,15). The summed E-state index contributed by atoms with van der Waals surface area (Å²) in [5.41, 5.74) is -0.617. The average molecular weight is 236 g/mol. The number of aromatic nitrogens is 1. The van der Waals surface area contributed by atoms with Gasteiger partial charge in [0.2, 0.25) is 0 Å². The Balaban J connectivity index is 3.47. The van der Waals surface area contributed by atoms with E-state index in [1.807, 2.05) is 0 Å². The summed E-state index contributed by atoms with van der Waals surface area (Å²) in [6, 6.07) is 0. The topological polar surface area (TPSA) is 50.2 Å². The molecule has 0 fully saturated rings. The van der Waals surface area contributed by atoms with Crippen LogP contribution in [0.2, 0.25) is 0 Å². The van der Waals surface area contributed by atoms with Crippen molar-refractivity contribution in [3.63, 3.8) is 0 Å². The van der Waals surface area contributed by atoms with Gasteiger partial charge in [0.15, 0.2) is 5.69 Å². The van der Waals surface area contributed by atoms with Crippen LogP contribution in [0.4, 0.5) is 8.78 Å². The third kappa shape index (κ3) is 2.23. The van der Waals surface area contributed by atoms with E-state index in [1.54, 1.807) is 0 Å². The van der Waals surface area contributed by atoms with Gasteiger partial charge in [0.25, 0.3) is 6.43 Å². The SMILES string of the molecule is Cc1cnc(C(=O)O)c(CCl)c1C(F)F. The molecule has 0 saturated carbocycles. The maximum atomic E-state index is 12.6. The molecule has 0 unspecified atom stereocenters. The number of aryl methyl sites for hydroxylation is 1. The van der Waals surface area contributed by atoms with Gasteiger partial charge in [-0.15, -0.1) is 11.6 Å². The van der Waals surface area contributed by atoms with Crippen molar-refractivity contribution in [2.75, 3.05) is 0 Å². The fourth-order valence-corrected chi connectivity index (χ4v) is 1.57.